The lowest BCUT2D eigenvalue weighted by molar-refractivity contribution is -0.140. The number of hydrogen-bond acceptors (Lipinski definition) is 4. The molecule has 2 amide bonds. The second-order valence-electron chi connectivity index (χ2n) is 5.94. The van der Waals surface area contributed by atoms with Crippen LogP contribution in [0, 0.1) is 23.7 Å². The number of phenols is 1. The van der Waals surface area contributed by atoms with Crippen molar-refractivity contribution in [2.24, 2.45) is 28.8 Å². The maximum absolute atomic E-state index is 12.4. The molecule has 4 rings (SSSR count). The SMILES string of the molecule is O=C1C2C3C=CC(C3)C2C(=O)N1/N=C/c1ccc(O)c(Br)c1. The van der Waals surface area contributed by atoms with Gasteiger partial charge >= 0.3 is 0 Å². The van der Waals surface area contributed by atoms with Gasteiger partial charge in [-0.2, -0.15) is 10.1 Å². The fourth-order valence-electron chi connectivity index (χ4n) is 3.73. The summed E-state index contributed by atoms with van der Waals surface area (Å²) in [4.78, 5) is 24.9. The first-order valence-electron chi connectivity index (χ1n) is 7.15. The highest BCUT2D eigenvalue weighted by Gasteiger charge is 2.59. The highest BCUT2D eigenvalue weighted by Crippen LogP contribution is 2.52. The van der Waals surface area contributed by atoms with Gasteiger partial charge in [0.1, 0.15) is 5.75 Å². The van der Waals surface area contributed by atoms with Gasteiger partial charge < -0.3 is 5.11 Å². The molecule has 3 aliphatic rings. The van der Waals surface area contributed by atoms with Crippen LogP contribution in [0.25, 0.3) is 0 Å². The number of benzene rings is 1. The summed E-state index contributed by atoms with van der Waals surface area (Å²) < 4.78 is 0.537. The van der Waals surface area contributed by atoms with Crippen LogP contribution >= 0.6 is 15.9 Å². The number of aromatic hydroxyl groups is 1. The summed E-state index contributed by atoms with van der Waals surface area (Å²) in [5.41, 5.74) is 0.698. The summed E-state index contributed by atoms with van der Waals surface area (Å²) in [7, 11) is 0. The van der Waals surface area contributed by atoms with Crippen LogP contribution in [-0.4, -0.2) is 28.1 Å². The van der Waals surface area contributed by atoms with E-state index in [9.17, 15) is 14.7 Å². The summed E-state index contributed by atoms with van der Waals surface area (Å²) >= 11 is 3.22. The van der Waals surface area contributed by atoms with E-state index in [4.69, 9.17) is 0 Å². The first-order valence-corrected chi connectivity index (χ1v) is 7.94. The maximum Gasteiger partial charge on any atom is 0.254 e. The van der Waals surface area contributed by atoms with E-state index in [2.05, 4.69) is 33.2 Å². The Balaban J connectivity index is 1.59. The van der Waals surface area contributed by atoms with E-state index in [1.165, 1.54) is 12.3 Å². The van der Waals surface area contributed by atoms with E-state index < -0.39 is 0 Å². The molecule has 4 unspecified atom stereocenters. The third-order valence-corrected chi connectivity index (χ3v) is 5.38. The summed E-state index contributed by atoms with van der Waals surface area (Å²) in [5.74, 6) is -0.342. The third kappa shape index (κ3) is 1.86. The van der Waals surface area contributed by atoms with Gasteiger partial charge in [-0.1, -0.05) is 12.2 Å². The molecule has 2 aliphatic carbocycles. The number of imide groups is 1. The molecule has 1 heterocycles. The first-order chi connectivity index (χ1) is 10.6. The Kier molecular flexibility index (Phi) is 2.97. The standard InChI is InChI=1S/C16H13BrN2O3/c17-11-5-8(1-4-12(11)20)7-18-19-15(21)13-9-2-3-10(6-9)14(13)16(19)22/h1-5,7,9-10,13-14,20H,6H2/b18-7+. The number of allylic oxidation sites excluding steroid dienone is 2. The number of hydrogen-bond donors (Lipinski definition) is 1. The molecular weight excluding hydrogens is 348 g/mol. The lowest BCUT2D eigenvalue weighted by atomic mass is 9.85. The molecule has 1 aromatic rings. The van der Waals surface area contributed by atoms with Crippen molar-refractivity contribution in [1.29, 1.82) is 0 Å². The fraction of sp³-hybridized carbons (Fsp3) is 0.312. The van der Waals surface area contributed by atoms with Gasteiger partial charge in [-0.05, 0) is 57.9 Å². The summed E-state index contributed by atoms with van der Waals surface area (Å²) in [6.45, 7) is 0. The van der Waals surface area contributed by atoms with Gasteiger partial charge in [0.15, 0.2) is 0 Å². The quantitative estimate of drug-likeness (QED) is 0.499. The zero-order valence-corrected chi connectivity index (χ0v) is 13.1. The van der Waals surface area contributed by atoms with Crippen LogP contribution in [0.2, 0.25) is 0 Å². The van der Waals surface area contributed by atoms with Crippen LogP contribution in [0.4, 0.5) is 0 Å². The number of carbonyl (C=O) groups is 2. The van der Waals surface area contributed by atoms with Crippen molar-refractivity contribution in [2.45, 2.75) is 6.42 Å². The van der Waals surface area contributed by atoms with E-state index >= 15 is 0 Å². The summed E-state index contributed by atoms with van der Waals surface area (Å²) in [6.07, 6.45) is 6.49. The van der Waals surface area contributed by atoms with Gasteiger partial charge in [0, 0.05) is 0 Å². The van der Waals surface area contributed by atoms with E-state index in [-0.39, 0.29) is 41.2 Å². The predicted octanol–water partition coefficient (Wildman–Crippen LogP) is 2.30. The lowest BCUT2D eigenvalue weighted by Gasteiger charge is -2.13. The molecule has 1 saturated carbocycles. The molecule has 22 heavy (non-hydrogen) atoms. The number of nitrogens with zero attached hydrogens (tertiary/aromatic N) is 2. The minimum Gasteiger partial charge on any atom is -0.507 e. The molecule has 2 bridgehead atoms. The van der Waals surface area contributed by atoms with Crippen molar-refractivity contribution in [3.63, 3.8) is 0 Å². The topological polar surface area (TPSA) is 70.0 Å². The summed E-state index contributed by atoms with van der Waals surface area (Å²) in [6, 6.07) is 4.87. The third-order valence-electron chi connectivity index (χ3n) is 4.74. The van der Waals surface area contributed by atoms with E-state index in [1.807, 2.05) is 0 Å². The minimum absolute atomic E-state index is 0.127. The predicted molar refractivity (Wildman–Crippen MR) is 83.0 cm³/mol. The average Bonchev–Trinajstić information content (AvgIpc) is 3.16. The number of hydrazone groups is 1. The normalized spacial score (nSPS) is 32.5. The zero-order chi connectivity index (χ0) is 15.4. The molecule has 5 nitrogen and oxygen atoms in total. The van der Waals surface area contributed by atoms with Gasteiger partial charge in [-0.25, -0.2) is 0 Å². The van der Waals surface area contributed by atoms with Crippen LogP contribution < -0.4 is 0 Å². The van der Waals surface area contributed by atoms with Crippen molar-refractivity contribution < 1.29 is 14.7 Å². The number of carbonyl (C=O) groups excluding carboxylic acids is 2. The molecule has 1 aliphatic heterocycles. The molecule has 0 aromatic heterocycles. The highest BCUT2D eigenvalue weighted by molar-refractivity contribution is 9.10. The fourth-order valence-corrected chi connectivity index (χ4v) is 4.12. The molecule has 0 radical (unpaired) electrons. The molecule has 112 valence electrons. The van der Waals surface area contributed by atoms with Crippen LogP contribution in [0.5, 0.6) is 5.75 Å². The second-order valence-corrected chi connectivity index (χ2v) is 6.80. The number of rotatable bonds is 2. The molecule has 2 fully saturated rings. The number of phenolic OH excluding ortho intramolecular Hbond substituents is 1. The Hall–Kier alpha value is -1.95. The molecule has 0 spiro atoms. The first kappa shape index (κ1) is 13.7. The number of fused-ring (bicyclic) bond motifs is 5. The Labute approximate surface area is 135 Å². The van der Waals surface area contributed by atoms with Crippen molar-refractivity contribution >= 4 is 34.0 Å². The minimum atomic E-state index is -0.230. The number of amides is 2. The molecule has 1 N–H and O–H groups in total. The van der Waals surface area contributed by atoms with Crippen LogP contribution in [0.15, 0.2) is 39.9 Å². The Bertz CT molecular complexity index is 713. The smallest absolute Gasteiger partial charge is 0.254 e. The van der Waals surface area contributed by atoms with E-state index in [1.54, 1.807) is 12.1 Å². The second kappa shape index (κ2) is 4.78. The molecule has 6 heteroatoms. The van der Waals surface area contributed by atoms with Gasteiger partial charge in [0.25, 0.3) is 11.8 Å². The van der Waals surface area contributed by atoms with Gasteiger partial charge in [-0.3, -0.25) is 9.59 Å². The molecule has 1 aromatic carbocycles. The molecule has 4 atom stereocenters. The Morgan fingerprint density at radius 2 is 1.82 bits per heavy atom. The monoisotopic (exact) mass is 360 g/mol. The summed E-state index contributed by atoms with van der Waals surface area (Å²) in [5, 5.41) is 14.6. The van der Waals surface area contributed by atoms with E-state index in [0.717, 1.165) is 11.4 Å². The Morgan fingerprint density at radius 3 is 2.41 bits per heavy atom. The zero-order valence-electron chi connectivity index (χ0n) is 11.5. The van der Waals surface area contributed by atoms with Gasteiger partial charge in [-0.15, -0.1) is 0 Å². The van der Waals surface area contributed by atoms with Crippen molar-refractivity contribution in [1.82, 2.24) is 5.01 Å². The van der Waals surface area contributed by atoms with E-state index in [0.29, 0.717) is 10.0 Å². The van der Waals surface area contributed by atoms with Crippen molar-refractivity contribution in [3.05, 3.63) is 40.4 Å². The largest absolute Gasteiger partial charge is 0.507 e. The maximum atomic E-state index is 12.4. The average molecular weight is 361 g/mol. The molecular formula is C16H13BrN2O3. The van der Waals surface area contributed by atoms with Crippen LogP contribution in [0.3, 0.4) is 0 Å². The van der Waals surface area contributed by atoms with Gasteiger partial charge in [0.05, 0.1) is 22.5 Å². The highest BCUT2D eigenvalue weighted by atomic mass is 79.9. The van der Waals surface area contributed by atoms with Crippen LogP contribution in [-0.2, 0) is 9.59 Å². The van der Waals surface area contributed by atoms with Crippen LogP contribution in [0.1, 0.15) is 12.0 Å². The van der Waals surface area contributed by atoms with Crippen molar-refractivity contribution in [2.75, 3.05) is 0 Å². The lowest BCUT2D eigenvalue weighted by Crippen LogP contribution is -2.28. The van der Waals surface area contributed by atoms with Gasteiger partial charge in [0.2, 0.25) is 0 Å². The number of halogens is 1. The Morgan fingerprint density at radius 1 is 1.18 bits per heavy atom. The van der Waals surface area contributed by atoms with Crippen molar-refractivity contribution in [3.8, 4) is 5.75 Å². The molecule has 1 saturated heterocycles.